The predicted molar refractivity (Wildman–Crippen MR) is 95.2 cm³/mol. The van der Waals surface area contributed by atoms with Gasteiger partial charge in [-0.1, -0.05) is 0 Å². The smallest absolute Gasteiger partial charge is 0.305 e. The van der Waals surface area contributed by atoms with E-state index in [1.165, 1.54) is 12.6 Å². The number of nitrogens with zero attached hydrogens (tertiary/aromatic N) is 4. The predicted octanol–water partition coefficient (Wildman–Crippen LogP) is 0.939. The SMILES string of the molecule is CN1CCC(N(C)c2ncnc(NNC(=O)c3ccco3)c2N)CC1. The first-order chi connectivity index (χ1) is 12.1. The molecule has 0 unspecified atom stereocenters. The van der Waals surface area contributed by atoms with Gasteiger partial charge < -0.3 is 20.0 Å². The lowest BCUT2D eigenvalue weighted by Gasteiger charge is -2.36. The van der Waals surface area contributed by atoms with Gasteiger partial charge in [-0.3, -0.25) is 15.6 Å². The quantitative estimate of drug-likeness (QED) is 0.686. The van der Waals surface area contributed by atoms with Crippen LogP contribution in [0.5, 0.6) is 0 Å². The van der Waals surface area contributed by atoms with E-state index in [9.17, 15) is 4.79 Å². The number of piperidine rings is 1. The van der Waals surface area contributed by atoms with Gasteiger partial charge in [0.05, 0.1) is 6.26 Å². The van der Waals surface area contributed by atoms with Crippen molar-refractivity contribution in [3.8, 4) is 0 Å². The van der Waals surface area contributed by atoms with Crippen LogP contribution in [0.25, 0.3) is 0 Å². The second-order valence-electron chi connectivity index (χ2n) is 6.16. The van der Waals surface area contributed by atoms with Gasteiger partial charge in [0.1, 0.15) is 12.0 Å². The van der Waals surface area contributed by atoms with Gasteiger partial charge in [-0.2, -0.15) is 0 Å². The van der Waals surface area contributed by atoms with E-state index in [4.69, 9.17) is 10.2 Å². The molecule has 0 radical (unpaired) electrons. The van der Waals surface area contributed by atoms with Crippen molar-refractivity contribution in [3.63, 3.8) is 0 Å². The Morgan fingerprint density at radius 2 is 2.16 bits per heavy atom. The van der Waals surface area contributed by atoms with Crippen molar-refractivity contribution in [1.82, 2.24) is 20.3 Å². The second-order valence-corrected chi connectivity index (χ2v) is 6.16. The zero-order valence-corrected chi connectivity index (χ0v) is 14.4. The Hall–Kier alpha value is -2.81. The van der Waals surface area contributed by atoms with E-state index in [0.717, 1.165) is 25.9 Å². The molecule has 0 aliphatic carbocycles. The number of nitrogen functional groups attached to an aromatic ring is 1. The Morgan fingerprint density at radius 1 is 1.40 bits per heavy atom. The molecule has 9 nitrogen and oxygen atoms in total. The molecule has 9 heteroatoms. The van der Waals surface area contributed by atoms with Crippen LogP contribution in [0.2, 0.25) is 0 Å². The minimum Gasteiger partial charge on any atom is -0.459 e. The lowest BCUT2D eigenvalue weighted by molar-refractivity contribution is 0.0935. The van der Waals surface area contributed by atoms with Crippen LogP contribution in [0, 0.1) is 0 Å². The number of amides is 1. The lowest BCUT2D eigenvalue weighted by atomic mass is 10.0. The van der Waals surface area contributed by atoms with Crippen LogP contribution in [0.4, 0.5) is 17.3 Å². The Labute approximate surface area is 146 Å². The molecule has 3 rings (SSSR count). The first-order valence-electron chi connectivity index (χ1n) is 8.18. The molecule has 0 aromatic carbocycles. The van der Waals surface area contributed by atoms with Gasteiger partial charge >= 0.3 is 5.91 Å². The Bertz CT molecular complexity index is 711. The number of nitrogens with two attached hydrogens (primary N) is 1. The van der Waals surface area contributed by atoms with Gasteiger partial charge in [-0.05, 0) is 45.1 Å². The van der Waals surface area contributed by atoms with E-state index >= 15 is 0 Å². The first-order valence-corrected chi connectivity index (χ1v) is 8.18. The van der Waals surface area contributed by atoms with Gasteiger partial charge in [0.2, 0.25) is 0 Å². The van der Waals surface area contributed by atoms with Gasteiger partial charge in [-0.25, -0.2) is 9.97 Å². The lowest BCUT2D eigenvalue weighted by Crippen LogP contribution is -2.42. The number of carbonyl (C=O) groups excluding carboxylic acids is 1. The van der Waals surface area contributed by atoms with Crippen molar-refractivity contribution in [1.29, 1.82) is 0 Å². The Kier molecular flexibility index (Phi) is 5.03. The van der Waals surface area contributed by atoms with E-state index in [1.807, 2.05) is 7.05 Å². The number of hydrogen-bond acceptors (Lipinski definition) is 8. The third-order valence-corrected chi connectivity index (χ3v) is 4.47. The molecule has 2 aromatic heterocycles. The number of anilines is 3. The summed E-state index contributed by atoms with van der Waals surface area (Å²) < 4.78 is 5.04. The molecule has 134 valence electrons. The summed E-state index contributed by atoms with van der Waals surface area (Å²) in [7, 11) is 4.11. The fourth-order valence-electron chi connectivity index (χ4n) is 2.91. The molecule has 1 fully saturated rings. The molecule has 0 bridgehead atoms. The third kappa shape index (κ3) is 3.82. The molecule has 0 spiro atoms. The number of likely N-dealkylation sites (tertiary alicyclic amines) is 1. The van der Waals surface area contributed by atoms with E-state index < -0.39 is 5.91 Å². The topological polar surface area (TPSA) is 113 Å². The van der Waals surface area contributed by atoms with Crippen LogP contribution >= 0.6 is 0 Å². The summed E-state index contributed by atoms with van der Waals surface area (Å²) in [6, 6.07) is 3.58. The molecule has 0 atom stereocenters. The standard InChI is InChI=1S/C16H23N7O2/c1-22-7-5-11(6-8-22)23(2)15-13(17)14(18-10-19-15)20-21-16(24)12-4-3-9-25-12/h3-4,9-11H,5-8,17H2,1-2H3,(H,21,24)(H,18,19,20). The largest absolute Gasteiger partial charge is 0.459 e. The molecule has 1 saturated heterocycles. The highest BCUT2D eigenvalue weighted by Crippen LogP contribution is 2.28. The number of furan rings is 1. The van der Waals surface area contributed by atoms with Gasteiger partial charge in [0.15, 0.2) is 17.4 Å². The summed E-state index contributed by atoms with van der Waals surface area (Å²) in [5.74, 6) is 0.793. The average Bonchev–Trinajstić information content (AvgIpc) is 3.15. The minimum atomic E-state index is -0.409. The van der Waals surface area contributed by atoms with Crippen LogP contribution in [0.15, 0.2) is 29.1 Å². The summed E-state index contributed by atoms with van der Waals surface area (Å²) in [5.41, 5.74) is 11.9. The van der Waals surface area contributed by atoms with E-state index in [-0.39, 0.29) is 5.76 Å². The normalized spacial score (nSPS) is 15.8. The van der Waals surface area contributed by atoms with Crippen LogP contribution in [-0.2, 0) is 0 Å². The molecule has 1 aliphatic rings. The molecule has 25 heavy (non-hydrogen) atoms. The number of rotatable bonds is 5. The summed E-state index contributed by atoms with van der Waals surface area (Å²) in [6.45, 7) is 2.09. The van der Waals surface area contributed by atoms with E-state index in [1.54, 1.807) is 12.1 Å². The first kappa shape index (κ1) is 17.0. The number of aromatic nitrogens is 2. The molecule has 3 heterocycles. The zero-order chi connectivity index (χ0) is 17.8. The molecule has 2 aromatic rings. The average molecular weight is 345 g/mol. The monoisotopic (exact) mass is 345 g/mol. The zero-order valence-electron chi connectivity index (χ0n) is 14.4. The molecule has 4 N–H and O–H groups in total. The fraction of sp³-hybridized carbons (Fsp3) is 0.438. The van der Waals surface area contributed by atoms with Crippen LogP contribution in [-0.4, -0.2) is 54.0 Å². The van der Waals surface area contributed by atoms with Gasteiger partial charge in [0.25, 0.3) is 0 Å². The number of carbonyl (C=O) groups is 1. The number of nitrogens with one attached hydrogen (secondary N) is 2. The van der Waals surface area contributed by atoms with E-state index in [0.29, 0.717) is 23.4 Å². The van der Waals surface area contributed by atoms with Gasteiger partial charge in [-0.15, -0.1) is 0 Å². The summed E-state index contributed by atoms with van der Waals surface area (Å²) in [6.07, 6.45) is 4.96. The highest BCUT2D eigenvalue weighted by molar-refractivity contribution is 5.92. The van der Waals surface area contributed by atoms with Crippen LogP contribution < -0.4 is 21.5 Å². The van der Waals surface area contributed by atoms with Crippen molar-refractivity contribution < 1.29 is 9.21 Å². The number of hydrazine groups is 1. The highest BCUT2D eigenvalue weighted by atomic mass is 16.3. The van der Waals surface area contributed by atoms with Gasteiger partial charge in [0, 0.05) is 13.1 Å². The van der Waals surface area contributed by atoms with Crippen molar-refractivity contribution >= 4 is 23.2 Å². The summed E-state index contributed by atoms with van der Waals surface area (Å²) in [4.78, 5) is 24.7. The Morgan fingerprint density at radius 3 is 2.84 bits per heavy atom. The molecule has 1 amide bonds. The maximum absolute atomic E-state index is 11.9. The Balaban J connectivity index is 1.68. The maximum atomic E-state index is 11.9. The fourth-order valence-corrected chi connectivity index (χ4v) is 2.91. The third-order valence-electron chi connectivity index (χ3n) is 4.47. The molecule has 1 aliphatic heterocycles. The minimum absolute atomic E-state index is 0.198. The number of hydrogen-bond donors (Lipinski definition) is 3. The van der Waals surface area contributed by atoms with Crippen molar-refractivity contribution in [2.45, 2.75) is 18.9 Å². The second kappa shape index (κ2) is 7.39. The van der Waals surface area contributed by atoms with E-state index in [2.05, 4.69) is 37.7 Å². The molecule has 0 saturated carbocycles. The van der Waals surface area contributed by atoms with Crippen molar-refractivity contribution in [2.75, 3.05) is 43.2 Å². The van der Waals surface area contributed by atoms with Crippen LogP contribution in [0.3, 0.4) is 0 Å². The maximum Gasteiger partial charge on any atom is 0.305 e. The van der Waals surface area contributed by atoms with Crippen molar-refractivity contribution in [3.05, 3.63) is 30.5 Å². The summed E-state index contributed by atoms with van der Waals surface area (Å²) >= 11 is 0. The van der Waals surface area contributed by atoms with Crippen molar-refractivity contribution in [2.24, 2.45) is 0 Å². The van der Waals surface area contributed by atoms with Crippen LogP contribution in [0.1, 0.15) is 23.4 Å². The molecular formula is C16H23N7O2. The summed E-state index contributed by atoms with van der Waals surface area (Å²) in [5, 5.41) is 0. The molecular weight excluding hydrogens is 322 g/mol. The highest BCUT2D eigenvalue weighted by Gasteiger charge is 2.24.